The molecular weight excluding hydrogens is 430 g/mol. The number of aliphatic hydroxyl groups excluding tert-OH is 2. The molecule has 2 aromatic carbocycles. The van der Waals surface area contributed by atoms with Gasteiger partial charge >= 0.3 is 0 Å². The van der Waals surface area contributed by atoms with E-state index in [9.17, 15) is 10.2 Å². The second-order valence-electron chi connectivity index (χ2n) is 7.82. The fraction of sp³-hybridized carbons (Fsp3) is 0.417. The number of rotatable bonds is 14. The number of benzene rings is 2. The lowest BCUT2D eigenvalue weighted by Gasteiger charge is -2.15. The molecular formula is C24H32ClN3O4. The van der Waals surface area contributed by atoms with Gasteiger partial charge in [0.2, 0.25) is 0 Å². The van der Waals surface area contributed by atoms with E-state index in [4.69, 9.17) is 21.1 Å². The van der Waals surface area contributed by atoms with Crippen molar-refractivity contribution in [3.63, 3.8) is 0 Å². The first-order valence-corrected chi connectivity index (χ1v) is 11.3. The molecule has 174 valence electrons. The van der Waals surface area contributed by atoms with E-state index in [2.05, 4.69) is 15.6 Å². The van der Waals surface area contributed by atoms with Crippen molar-refractivity contribution in [2.75, 3.05) is 39.4 Å². The van der Waals surface area contributed by atoms with Crippen molar-refractivity contribution in [1.82, 2.24) is 15.6 Å². The Bertz CT molecular complexity index is 948. The van der Waals surface area contributed by atoms with Crippen molar-refractivity contribution in [1.29, 1.82) is 0 Å². The number of aliphatic hydroxyl groups is 2. The third-order valence-corrected chi connectivity index (χ3v) is 5.17. The first kappa shape index (κ1) is 24.4. The van der Waals surface area contributed by atoms with Gasteiger partial charge in [-0.2, -0.15) is 0 Å². The Kier molecular flexibility index (Phi) is 9.64. The Hall–Kier alpha value is -2.29. The summed E-state index contributed by atoms with van der Waals surface area (Å²) in [6.07, 6.45) is -0.309. The molecule has 2 unspecified atom stereocenters. The van der Waals surface area contributed by atoms with Crippen LogP contribution in [0, 0.1) is 6.92 Å². The lowest BCUT2D eigenvalue weighted by atomic mass is 10.2. The van der Waals surface area contributed by atoms with Gasteiger partial charge in [0.15, 0.2) is 0 Å². The lowest BCUT2D eigenvalue weighted by Crippen LogP contribution is -2.35. The molecule has 2 atom stereocenters. The van der Waals surface area contributed by atoms with Crippen LogP contribution in [0.25, 0.3) is 10.9 Å². The zero-order chi connectivity index (χ0) is 22.8. The molecule has 0 spiro atoms. The second-order valence-corrected chi connectivity index (χ2v) is 8.25. The molecule has 0 aliphatic carbocycles. The van der Waals surface area contributed by atoms with Crippen LogP contribution in [0.3, 0.4) is 0 Å². The highest BCUT2D eigenvalue weighted by atomic mass is 35.5. The average Bonchev–Trinajstić information content (AvgIpc) is 3.17. The van der Waals surface area contributed by atoms with Gasteiger partial charge in [-0.3, -0.25) is 0 Å². The van der Waals surface area contributed by atoms with Crippen LogP contribution in [0.5, 0.6) is 11.5 Å². The maximum atomic E-state index is 10.2. The summed E-state index contributed by atoms with van der Waals surface area (Å²) in [5, 5.41) is 28.3. The standard InChI is InChI=1S/C24H32ClN3O4/c1-17-12-22-23(28-17)4-2-5-24(22)32-16-20(30)14-27-11-3-10-26-13-19(29)15-31-21-8-6-18(25)7-9-21/h2,4-9,12,19-20,26-30H,3,10-11,13-16H2,1H3. The summed E-state index contributed by atoms with van der Waals surface area (Å²) in [7, 11) is 0. The van der Waals surface area contributed by atoms with E-state index in [1.54, 1.807) is 24.3 Å². The maximum absolute atomic E-state index is 10.2. The second kappa shape index (κ2) is 12.7. The van der Waals surface area contributed by atoms with Gasteiger partial charge in [0.25, 0.3) is 0 Å². The van der Waals surface area contributed by atoms with Crippen LogP contribution in [0.15, 0.2) is 48.5 Å². The van der Waals surface area contributed by atoms with Crippen LogP contribution < -0.4 is 20.1 Å². The van der Waals surface area contributed by atoms with Crippen LogP contribution in [0.4, 0.5) is 0 Å². The van der Waals surface area contributed by atoms with Gasteiger partial charge in [0.1, 0.15) is 36.9 Å². The smallest absolute Gasteiger partial charge is 0.128 e. The molecule has 1 heterocycles. The molecule has 8 heteroatoms. The third kappa shape index (κ3) is 8.00. The van der Waals surface area contributed by atoms with E-state index < -0.39 is 12.2 Å². The molecule has 1 aromatic heterocycles. The molecule has 0 saturated heterocycles. The summed E-state index contributed by atoms with van der Waals surface area (Å²) < 4.78 is 11.3. The van der Waals surface area contributed by atoms with Gasteiger partial charge in [0, 0.05) is 34.7 Å². The summed E-state index contributed by atoms with van der Waals surface area (Å²) in [6, 6.07) is 14.9. The zero-order valence-electron chi connectivity index (χ0n) is 18.3. The fourth-order valence-corrected chi connectivity index (χ4v) is 3.42. The highest BCUT2D eigenvalue weighted by Gasteiger charge is 2.09. The van der Waals surface area contributed by atoms with E-state index in [0.29, 0.717) is 23.9 Å². The van der Waals surface area contributed by atoms with Crippen molar-refractivity contribution in [2.45, 2.75) is 25.6 Å². The normalized spacial score (nSPS) is 13.2. The van der Waals surface area contributed by atoms with Crippen LogP contribution >= 0.6 is 11.6 Å². The minimum atomic E-state index is -0.593. The van der Waals surface area contributed by atoms with Gasteiger partial charge in [-0.05, 0) is 68.9 Å². The molecule has 0 aliphatic rings. The molecule has 0 amide bonds. The number of hydrogen-bond donors (Lipinski definition) is 5. The fourth-order valence-electron chi connectivity index (χ4n) is 3.30. The summed E-state index contributed by atoms with van der Waals surface area (Å²) in [4.78, 5) is 3.28. The Morgan fingerprint density at radius 2 is 1.59 bits per heavy atom. The number of aromatic amines is 1. The highest BCUT2D eigenvalue weighted by molar-refractivity contribution is 6.30. The number of aryl methyl sites for hydroxylation is 1. The number of H-pyrrole nitrogens is 1. The number of aromatic nitrogens is 1. The quantitative estimate of drug-likeness (QED) is 0.237. The first-order chi connectivity index (χ1) is 15.5. The van der Waals surface area contributed by atoms with Crippen LogP contribution in [-0.4, -0.2) is 66.8 Å². The molecule has 32 heavy (non-hydrogen) atoms. The van der Waals surface area contributed by atoms with Crippen LogP contribution in [0.2, 0.25) is 5.02 Å². The molecule has 0 saturated carbocycles. The third-order valence-electron chi connectivity index (χ3n) is 4.91. The largest absolute Gasteiger partial charge is 0.491 e. The number of hydrogen-bond acceptors (Lipinski definition) is 6. The van der Waals surface area contributed by atoms with E-state index in [1.807, 2.05) is 31.2 Å². The SMILES string of the molecule is Cc1cc2c(OCC(O)CNCCCNCC(O)COc3ccc(Cl)cc3)cccc2[nH]1. The molecule has 5 N–H and O–H groups in total. The predicted molar refractivity (Wildman–Crippen MR) is 128 cm³/mol. The summed E-state index contributed by atoms with van der Waals surface area (Å²) >= 11 is 5.83. The topological polar surface area (TPSA) is 98.8 Å². The molecule has 7 nitrogen and oxygen atoms in total. The van der Waals surface area contributed by atoms with Crippen molar-refractivity contribution >= 4 is 22.5 Å². The van der Waals surface area contributed by atoms with E-state index >= 15 is 0 Å². The number of nitrogens with one attached hydrogen (secondary N) is 3. The predicted octanol–water partition coefficient (Wildman–Crippen LogP) is 2.88. The lowest BCUT2D eigenvalue weighted by molar-refractivity contribution is 0.105. The molecule has 0 aliphatic heterocycles. The average molecular weight is 462 g/mol. The molecule has 0 fully saturated rings. The Morgan fingerprint density at radius 3 is 2.28 bits per heavy atom. The van der Waals surface area contributed by atoms with Gasteiger partial charge < -0.3 is 35.3 Å². The summed E-state index contributed by atoms with van der Waals surface area (Å²) in [5.41, 5.74) is 2.11. The van der Waals surface area contributed by atoms with E-state index in [1.165, 1.54) is 0 Å². The minimum Gasteiger partial charge on any atom is -0.491 e. The number of ether oxygens (including phenoxy) is 2. The maximum Gasteiger partial charge on any atom is 0.128 e. The van der Waals surface area contributed by atoms with E-state index in [-0.39, 0.29) is 13.2 Å². The molecule has 0 radical (unpaired) electrons. The van der Waals surface area contributed by atoms with Crippen molar-refractivity contribution in [3.05, 3.63) is 59.2 Å². The molecule has 3 rings (SSSR count). The molecule has 3 aromatic rings. The van der Waals surface area contributed by atoms with Gasteiger partial charge in [0.05, 0.1) is 0 Å². The number of halogens is 1. The Balaban J connectivity index is 1.20. The van der Waals surface area contributed by atoms with Crippen LogP contribution in [-0.2, 0) is 0 Å². The first-order valence-electron chi connectivity index (χ1n) is 10.9. The monoisotopic (exact) mass is 461 g/mol. The van der Waals surface area contributed by atoms with Crippen molar-refractivity contribution in [3.8, 4) is 11.5 Å². The zero-order valence-corrected chi connectivity index (χ0v) is 19.1. The molecule has 0 bridgehead atoms. The Labute approximate surface area is 193 Å². The van der Waals surface area contributed by atoms with Gasteiger partial charge in [-0.25, -0.2) is 0 Å². The summed E-state index contributed by atoms with van der Waals surface area (Å²) in [6.45, 7) is 4.88. The van der Waals surface area contributed by atoms with Gasteiger partial charge in [-0.15, -0.1) is 0 Å². The van der Waals surface area contributed by atoms with E-state index in [0.717, 1.165) is 41.9 Å². The summed E-state index contributed by atoms with van der Waals surface area (Å²) in [5.74, 6) is 1.45. The number of fused-ring (bicyclic) bond motifs is 1. The highest BCUT2D eigenvalue weighted by Crippen LogP contribution is 2.26. The Morgan fingerprint density at radius 1 is 0.938 bits per heavy atom. The minimum absolute atomic E-state index is 0.217. The van der Waals surface area contributed by atoms with Crippen LogP contribution in [0.1, 0.15) is 12.1 Å². The van der Waals surface area contributed by atoms with Crippen molar-refractivity contribution in [2.24, 2.45) is 0 Å². The van der Waals surface area contributed by atoms with Gasteiger partial charge in [-0.1, -0.05) is 17.7 Å². The van der Waals surface area contributed by atoms with Crippen molar-refractivity contribution < 1.29 is 19.7 Å².